The van der Waals surface area contributed by atoms with E-state index in [-0.39, 0.29) is 5.88 Å². The van der Waals surface area contributed by atoms with E-state index in [0.717, 1.165) is 12.6 Å². The van der Waals surface area contributed by atoms with Crippen LogP contribution in [0, 0.1) is 5.82 Å². The zero-order chi connectivity index (χ0) is 13.7. The minimum absolute atomic E-state index is 0.151. The Kier molecular flexibility index (Phi) is 4.52. The largest absolute Gasteiger partial charge is 0.435 e. The second kappa shape index (κ2) is 6.33. The summed E-state index contributed by atoms with van der Waals surface area (Å²) in [5.74, 6) is -0.114. The first-order valence-corrected chi connectivity index (χ1v) is 6.27. The summed E-state index contributed by atoms with van der Waals surface area (Å²) in [7, 11) is 0. The normalized spacial score (nSPS) is 10.3. The SMILES string of the molecule is CCCNc1ncc(F)c(Oc2ccccc2Cl)n1. The molecule has 0 radical (unpaired) electrons. The van der Waals surface area contributed by atoms with Crippen LogP contribution < -0.4 is 10.1 Å². The average molecular weight is 282 g/mol. The number of nitrogens with one attached hydrogen (secondary N) is 1. The second-order valence-electron chi connectivity index (χ2n) is 3.81. The van der Waals surface area contributed by atoms with E-state index in [1.54, 1.807) is 24.3 Å². The van der Waals surface area contributed by atoms with E-state index in [9.17, 15) is 4.39 Å². The lowest BCUT2D eigenvalue weighted by molar-refractivity contribution is 0.421. The molecule has 4 nitrogen and oxygen atoms in total. The number of halogens is 2. The lowest BCUT2D eigenvalue weighted by Crippen LogP contribution is -2.05. The predicted octanol–water partition coefficient (Wildman–Crippen LogP) is 3.88. The Hall–Kier alpha value is -1.88. The number of hydrogen-bond donors (Lipinski definition) is 1. The molecule has 0 saturated heterocycles. The van der Waals surface area contributed by atoms with E-state index in [2.05, 4.69) is 15.3 Å². The van der Waals surface area contributed by atoms with Gasteiger partial charge in [-0.05, 0) is 18.6 Å². The fraction of sp³-hybridized carbons (Fsp3) is 0.231. The number of ether oxygens (including phenoxy) is 1. The number of hydrogen-bond acceptors (Lipinski definition) is 4. The molecule has 0 amide bonds. The van der Waals surface area contributed by atoms with Gasteiger partial charge in [-0.3, -0.25) is 0 Å². The third kappa shape index (κ3) is 3.54. The molecule has 0 aliphatic heterocycles. The maximum atomic E-state index is 13.6. The van der Waals surface area contributed by atoms with Crippen LogP contribution in [-0.2, 0) is 0 Å². The van der Waals surface area contributed by atoms with Crippen LogP contribution in [0.1, 0.15) is 13.3 Å². The fourth-order valence-corrected chi connectivity index (χ4v) is 1.55. The first-order valence-electron chi connectivity index (χ1n) is 5.89. The molecule has 19 heavy (non-hydrogen) atoms. The van der Waals surface area contributed by atoms with Crippen molar-refractivity contribution in [2.45, 2.75) is 13.3 Å². The van der Waals surface area contributed by atoms with Gasteiger partial charge in [0.05, 0.1) is 11.2 Å². The second-order valence-corrected chi connectivity index (χ2v) is 4.21. The molecule has 0 fully saturated rings. The van der Waals surface area contributed by atoms with Crippen LogP contribution in [0.3, 0.4) is 0 Å². The van der Waals surface area contributed by atoms with Crippen molar-refractivity contribution in [1.29, 1.82) is 0 Å². The summed E-state index contributed by atoms with van der Waals surface area (Å²) < 4.78 is 19.0. The lowest BCUT2D eigenvalue weighted by Gasteiger charge is -2.09. The third-order valence-electron chi connectivity index (χ3n) is 2.29. The maximum absolute atomic E-state index is 13.6. The van der Waals surface area contributed by atoms with Gasteiger partial charge < -0.3 is 10.1 Å². The monoisotopic (exact) mass is 281 g/mol. The van der Waals surface area contributed by atoms with Crippen molar-refractivity contribution in [3.63, 3.8) is 0 Å². The van der Waals surface area contributed by atoms with Crippen LogP contribution in [0.5, 0.6) is 11.6 Å². The molecule has 0 aliphatic rings. The highest BCUT2D eigenvalue weighted by molar-refractivity contribution is 6.32. The summed E-state index contributed by atoms with van der Waals surface area (Å²) in [4.78, 5) is 7.80. The smallest absolute Gasteiger partial charge is 0.260 e. The van der Waals surface area contributed by atoms with Gasteiger partial charge in [0.1, 0.15) is 5.75 Å². The van der Waals surface area contributed by atoms with E-state index in [0.29, 0.717) is 23.3 Å². The molecule has 1 aromatic heterocycles. The number of benzene rings is 1. The minimum atomic E-state index is -0.637. The predicted molar refractivity (Wildman–Crippen MR) is 72.3 cm³/mol. The van der Waals surface area contributed by atoms with Crippen LogP contribution >= 0.6 is 11.6 Å². The van der Waals surface area contributed by atoms with E-state index in [4.69, 9.17) is 16.3 Å². The molecule has 0 saturated carbocycles. The number of nitrogens with zero attached hydrogens (tertiary/aromatic N) is 2. The van der Waals surface area contributed by atoms with Gasteiger partial charge in [-0.15, -0.1) is 0 Å². The van der Waals surface area contributed by atoms with Gasteiger partial charge in [-0.2, -0.15) is 9.37 Å². The number of rotatable bonds is 5. The standard InChI is InChI=1S/C13H13ClFN3O/c1-2-7-16-13-17-8-10(15)12(18-13)19-11-6-4-3-5-9(11)14/h3-6,8H,2,7H2,1H3,(H,16,17,18). The Bertz CT molecular complexity index is 565. The van der Waals surface area contributed by atoms with Crippen molar-refractivity contribution in [1.82, 2.24) is 9.97 Å². The van der Waals surface area contributed by atoms with Gasteiger partial charge in [-0.1, -0.05) is 30.7 Å². The Labute approximate surface area is 115 Å². The molecule has 1 heterocycles. The fourth-order valence-electron chi connectivity index (χ4n) is 1.38. The molecule has 6 heteroatoms. The van der Waals surface area contributed by atoms with Crippen LogP contribution in [0.25, 0.3) is 0 Å². The first-order chi connectivity index (χ1) is 9.20. The van der Waals surface area contributed by atoms with Crippen molar-refractivity contribution in [3.05, 3.63) is 41.3 Å². The van der Waals surface area contributed by atoms with Gasteiger partial charge in [-0.25, -0.2) is 4.98 Å². The maximum Gasteiger partial charge on any atom is 0.260 e. The summed E-state index contributed by atoms with van der Waals surface area (Å²) in [6, 6.07) is 6.81. The highest BCUT2D eigenvalue weighted by Crippen LogP contribution is 2.29. The summed E-state index contributed by atoms with van der Waals surface area (Å²) >= 11 is 5.94. The molecule has 1 aromatic carbocycles. The molecule has 2 rings (SSSR count). The third-order valence-corrected chi connectivity index (χ3v) is 2.60. The van der Waals surface area contributed by atoms with Gasteiger partial charge in [0.15, 0.2) is 0 Å². The quantitative estimate of drug-likeness (QED) is 0.903. The highest BCUT2D eigenvalue weighted by Gasteiger charge is 2.11. The zero-order valence-electron chi connectivity index (χ0n) is 10.4. The molecule has 0 aliphatic carbocycles. The van der Waals surface area contributed by atoms with Crippen molar-refractivity contribution in [2.75, 3.05) is 11.9 Å². The molecular weight excluding hydrogens is 269 g/mol. The molecule has 1 N–H and O–H groups in total. The number of aromatic nitrogens is 2. The van der Waals surface area contributed by atoms with Crippen molar-refractivity contribution < 1.29 is 9.13 Å². The highest BCUT2D eigenvalue weighted by atomic mass is 35.5. The Balaban J connectivity index is 2.21. The van der Waals surface area contributed by atoms with Gasteiger partial charge in [0.25, 0.3) is 5.88 Å². The summed E-state index contributed by atoms with van der Waals surface area (Å²) in [6.45, 7) is 2.72. The van der Waals surface area contributed by atoms with Gasteiger partial charge in [0.2, 0.25) is 11.8 Å². The first kappa shape index (κ1) is 13.5. The zero-order valence-corrected chi connectivity index (χ0v) is 11.1. The molecule has 2 aromatic rings. The number of para-hydroxylation sites is 1. The molecule has 100 valence electrons. The molecular formula is C13H13ClFN3O. The molecule has 0 bridgehead atoms. The van der Waals surface area contributed by atoms with E-state index in [1.807, 2.05) is 6.92 Å². The van der Waals surface area contributed by atoms with Crippen LogP contribution in [0.2, 0.25) is 5.02 Å². The van der Waals surface area contributed by atoms with Crippen molar-refractivity contribution >= 4 is 17.5 Å². The van der Waals surface area contributed by atoms with Crippen molar-refractivity contribution in [3.8, 4) is 11.6 Å². The Morgan fingerprint density at radius 1 is 1.37 bits per heavy atom. The molecule has 0 unspecified atom stereocenters. The molecule has 0 spiro atoms. The van der Waals surface area contributed by atoms with E-state index >= 15 is 0 Å². The average Bonchev–Trinajstić information content (AvgIpc) is 2.42. The summed E-state index contributed by atoms with van der Waals surface area (Å²) in [6.07, 6.45) is 1.98. The summed E-state index contributed by atoms with van der Waals surface area (Å²) in [5, 5.41) is 3.35. The topological polar surface area (TPSA) is 47.0 Å². The van der Waals surface area contributed by atoms with Crippen LogP contribution in [0.15, 0.2) is 30.5 Å². The lowest BCUT2D eigenvalue weighted by atomic mass is 10.3. The van der Waals surface area contributed by atoms with Gasteiger partial charge in [0, 0.05) is 6.54 Å². The van der Waals surface area contributed by atoms with E-state index in [1.165, 1.54) is 0 Å². The van der Waals surface area contributed by atoms with Crippen LogP contribution in [0.4, 0.5) is 10.3 Å². The minimum Gasteiger partial charge on any atom is -0.435 e. The van der Waals surface area contributed by atoms with Crippen LogP contribution in [-0.4, -0.2) is 16.5 Å². The Morgan fingerprint density at radius 2 is 2.16 bits per heavy atom. The van der Waals surface area contributed by atoms with E-state index < -0.39 is 5.82 Å². The Morgan fingerprint density at radius 3 is 2.89 bits per heavy atom. The van der Waals surface area contributed by atoms with Crippen molar-refractivity contribution in [2.24, 2.45) is 0 Å². The summed E-state index contributed by atoms with van der Waals surface area (Å²) in [5.41, 5.74) is 0. The van der Waals surface area contributed by atoms with Gasteiger partial charge >= 0.3 is 0 Å². The molecule has 0 atom stereocenters. The number of anilines is 1.